The molecule has 0 bridgehead atoms. The normalized spacial score (nSPS) is 13.9. The van der Waals surface area contributed by atoms with Gasteiger partial charge in [-0.15, -0.1) is 11.3 Å². The summed E-state index contributed by atoms with van der Waals surface area (Å²) in [5.74, 6) is 1.92. The van der Waals surface area contributed by atoms with Gasteiger partial charge in [0.25, 0.3) is 0 Å². The Kier molecular flexibility index (Phi) is 8.01. The number of fused-ring (bicyclic) bond motifs is 14. The molecule has 0 saturated heterocycles. The molecule has 0 N–H and O–H groups in total. The highest BCUT2D eigenvalue weighted by Gasteiger charge is 2.30. The summed E-state index contributed by atoms with van der Waals surface area (Å²) >= 11 is 1.80. The number of aryl methyl sites for hydroxylation is 1. The van der Waals surface area contributed by atoms with Gasteiger partial charge in [0, 0.05) is 64.5 Å². The van der Waals surface area contributed by atoms with E-state index < -0.39 is 0 Å². The summed E-state index contributed by atoms with van der Waals surface area (Å²) in [5, 5.41) is 11.9. The van der Waals surface area contributed by atoms with Crippen LogP contribution in [0.1, 0.15) is 29.0 Å². The first-order chi connectivity index (χ1) is 32.2. The van der Waals surface area contributed by atoms with Gasteiger partial charge in [0.15, 0.2) is 17.5 Å². The third kappa shape index (κ3) is 5.79. The molecule has 304 valence electrons. The molecule has 1 unspecified atom stereocenters. The van der Waals surface area contributed by atoms with Crippen LogP contribution >= 0.6 is 11.3 Å². The highest BCUT2D eigenvalue weighted by Crippen LogP contribution is 2.49. The zero-order valence-corrected chi connectivity index (χ0v) is 35.9. The van der Waals surface area contributed by atoms with Gasteiger partial charge >= 0.3 is 0 Å². The lowest BCUT2D eigenvalue weighted by atomic mass is 9.82. The standard InChI is InChI=1S/C60H37N3OS/c1-2-14-37(15-3-1)58-61-59(41-25-27-47-46-20-10-11-21-53(46)65-54(47)34-41)63-60(62-58)42-32-51(57-52(33-42)49-29-23-36-13-7-9-19-44(36)56(49)64-57)45-26-24-40-30-38-16-4-5-17-39(38)31-50(40)55-43-18-8-6-12-35(43)22-28-48(45)55/h1-23,25,27-34,45H,24,26H2. The maximum Gasteiger partial charge on any atom is 0.164 e. The lowest BCUT2D eigenvalue weighted by molar-refractivity contribution is 0.650. The first-order valence-electron chi connectivity index (χ1n) is 22.3. The number of furan rings is 1. The average molecular weight is 848 g/mol. The summed E-state index contributed by atoms with van der Waals surface area (Å²) < 4.78 is 9.70. The summed E-state index contributed by atoms with van der Waals surface area (Å²) in [6.45, 7) is 0. The largest absolute Gasteiger partial charge is 0.455 e. The number of nitrogens with zero attached hydrogens (tertiary/aromatic N) is 3. The Balaban J connectivity index is 1.04. The zero-order chi connectivity index (χ0) is 42.6. The molecule has 3 heterocycles. The van der Waals surface area contributed by atoms with Crippen LogP contribution in [-0.4, -0.2) is 15.0 Å². The molecule has 0 radical (unpaired) electrons. The lowest BCUT2D eigenvalue weighted by Gasteiger charge is -2.21. The average Bonchev–Trinajstić information content (AvgIpc) is 3.89. The van der Waals surface area contributed by atoms with Gasteiger partial charge in [-0.25, -0.2) is 15.0 Å². The van der Waals surface area contributed by atoms with E-state index in [1.165, 1.54) is 64.0 Å². The third-order valence-electron chi connectivity index (χ3n) is 13.7. The van der Waals surface area contributed by atoms with Gasteiger partial charge in [-0.05, 0) is 98.4 Å². The third-order valence-corrected chi connectivity index (χ3v) is 14.8. The predicted molar refractivity (Wildman–Crippen MR) is 271 cm³/mol. The van der Waals surface area contributed by atoms with Crippen LogP contribution in [0.2, 0.25) is 0 Å². The topological polar surface area (TPSA) is 51.8 Å². The Labute approximate surface area is 378 Å². The van der Waals surface area contributed by atoms with Crippen molar-refractivity contribution < 1.29 is 4.42 Å². The van der Waals surface area contributed by atoms with Crippen molar-refractivity contribution in [3.8, 4) is 45.3 Å². The van der Waals surface area contributed by atoms with E-state index in [4.69, 9.17) is 19.4 Å². The molecule has 1 atom stereocenters. The molecular weight excluding hydrogens is 811 g/mol. The molecule has 10 aromatic carbocycles. The van der Waals surface area contributed by atoms with Crippen LogP contribution in [0.4, 0.5) is 0 Å². The van der Waals surface area contributed by atoms with E-state index in [0.29, 0.717) is 17.5 Å². The molecule has 1 aliphatic rings. The number of hydrogen-bond donors (Lipinski definition) is 0. The van der Waals surface area contributed by atoms with Crippen molar-refractivity contribution in [2.24, 2.45) is 0 Å². The summed E-state index contributed by atoms with van der Waals surface area (Å²) in [4.78, 5) is 15.9. The van der Waals surface area contributed by atoms with Crippen molar-refractivity contribution in [2.75, 3.05) is 0 Å². The van der Waals surface area contributed by atoms with E-state index >= 15 is 0 Å². The molecule has 65 heavy (non-hydrogen) atoms. The van der Waals surface area contributed by atoms with Crippen molar-refractivity contribution in [1.82, 2.24) is 15.0 Å². The summed E-state index contributed by atoms with van der Waals surface area (Å²) in [7, 11) is 0. The molecule has 3 aromatic heterocycles. The first kappa shape index (κ1) is 36.5. The summed E-state index contributed by atoms with van der Waals surface area (Å²) in [6, 6.07) is 70.2. The monoisotopic (exact) mass is 847 g/mol. The van der Waals surface area contributed by atoms with Crippen LogP contribution in [0.25, 0.3) is 120 Å². The van der Waals surface area contributed by atoms with Gasteiger partial charge < -0.3 is 4.42 Å². The quantitative estimate of drug-likeness (QED) is 0.177. The zero-order valence-electron chi connectivity index (χ0n) is 35.1. The minimum Gasteiger partial charge on any atom is -0.455 e. The number of thiophene rings is 1. The maximum absolute atomic E-state index is 7.22. The van der Waals surface area contributed by atoms with Crippen molar-refractivity contribution in [3.63, 3.8) is 0 Å². The molecule has 0 amide bonds. The van der Waals surface area contributed by atoms with Crippen molar-refractivity contribution in [3.05, 3.63) is 211 Å². The highest BCUT2D eigenvalue weighted by atomic mass is 32.1. The number of aromatic nitrogens is 3. The summed E-state index contributed by atoms with van der Waals surface area (Å²) in [6.07, 6.45) is 1.82. The van der Waals surface area contributed by atoms with Gasteiger partial charge in [0.1, 0.15) is 11.2 Å². The smallest absolute Gasteiger partial charge is 0.164 e. The molecule has 1 aliphatic carbocycles. The van der Waals surface area contributed by atoms with Gasteiger partial charge in [-0.3, -0.25) is 0 Å². The van der Waals surface area contributed by atoms with Crippen LogP contribution in [0.3, 0.4) is 0 Å². The second-order valence-electron chi connectivity index (χ2n) is 17.4. The summed E-state index contributed by atoms with van der Waals surface area (Å²) in [5.41, 5.74) is 11.1. The number of benzene rings is 10. The predicted octanol–water partition coefficient (Wildman–Crippen LogP) is 16.3. The van der Waals surface area contributed by atoms with Crippen LogP contribution in [-0.2, 0) is 6.42 Å². The fraction of sp³-hybridized carbons (Fsp3) is 0.0500. The van der Waals surface area contributed by atoms with E-state index in [1.54, 1.807) is 11.3 Å². The van der Waals surface area contributed by atoms with Gasteiger partial charge in [0.05, 0.1) is 0 Å². The molecule has 0 spiro atoms. The number of rotatable bonds is 4. The molecule has 0 aliphatic heterocycles. The molecule has 13 aromatic rings. The van der Waals surface area contributed by atoms with Crippen LogP contribution in [0.15, 0.2) is 199 Å². The maximum atomic E-state index is 7.22. The van der Waals surface area contributed by atoms with Crippen LogP contribution in [0.5, 0.6) is 0 Å². The molecule has 0 fully saturated rings. The number of hydrogen-bond acceptors (Lipinski definition) is 5. The minimum atomic E-state index is 0.00432. The Hall–Kier alpha value is -7.99. The van der Waals surface area contributed by atoms with Gasteiger partial charge in [-0.1, -0.05) is 158 Å². The molecular formula is C60H37N3OS. The Bertz CT molecular complexity index is 4090. The van der Waals surface area contributed by atoms with Gasteiger partial charge in [0.2, 0.25) is 0 Å². The van der Waals surface area contributed by atoms with E-state index in [1.807, 2.05) is 18.2 Å². The molecule has 14 rings (SSSR count). The van der Waals surface area contributed by atoms with Gasteiger partial charge in [-0.2, -0.15) is 0 Å². The first-order valence-corrected chi connectivity index (χ1v) is 23.2. The fourth-order valence-electron chi connectivity index (χ4n) is 10.6. The van der Waals surface area contributed by atoms with Crippen LogP contribution in [0, 0.1) is 0 Å². The van der Waals surface area contributed by atoms with Crippen molar-refractivity contribution in [2.45, 2.75) is 18.8 Å². The van der Waals surface area contributed by atoms with Crippen LogP contribution < -0.4 is 0 Å². The Morgan fingerprint density at radius 1 is 0.400 bits per heavy atom. The second-order valence-corrected chi connectivity index (χ2v) is 18.5. The fourth-order valence-corrected chi connectivity index (χ4v) is 11.8. The van der Waals surface area contributed by atoms with E-state index in [0.717, 1.165) is 67.8 Å². The van der Waals surface area contributed by atoms with E-state index in [9.17, 15) is 0 Å². The lowest BCUT2D eigenvalue weighted by Crippen LogP contribution is -2.05. The highest BCUT2D eigenvalue weighted by molar-refractivity contribution is 7.25. The van der Waals surface area contributed by atoms with Crippen molar-refractivity contribution in [1.29, 1.82) is 0 Å². The van der Waals surface area contributed by atoms with Crippen molar-refractivity contribution >= 4 is 85.8 Å². The SMILES string of the molecule is c1ccc(-c2nc(-c3ccc4c(c3)sc3ccccc34)nc(-c3cc(C4CCc5cc6ccccc6cc5-c5c4ccc4ccccc54)c4oc5c6ccccc6ccc5c4c3)n2)cc1. The molecule has 4 nitrogen and oxygen atoms in total. The molecule has 5 heteroatoms. The Morgan fingerprint density at radius 3 is 1.86 bits per heavy atom. The van der Waals surface area contributed by atoms with E-state index in [-0.39, 0.29) is 5.92 Å². The van der Waals surface area contributed by atoms with E-state index in [2.05, 4.69) is 176 Å². The Morgan fingerprint density at radius 2 is 1.03 bits per heavy atom. The minimum absolute atomic E-state index is 0.00432. The second kappa shape index (κ2) is 14.3. The molecule has 0 saturated carbocycles.